The van der Waals surface area contributed by atoms with E-state index in [1.54, 1.807) is 31.7 Å². The number of aromatic nitrogens is 2. The topological polar surface area (TPSA) is 237 Å². The van der Waals surface area contributed by atoms with Gasteiger partial charge in [-0.1, -0.05) is 34.1 Å². The van der Waals surface area contributed by atoms with E-state index >= 15 is 0 Å². The molecule has 3 N–H and O–H groups in total. The van der Waals surface area contributed by atoms with Gasteiger partial charge in [-0.15, -0.1) is 0 Å². The number of hydrogen-bond acceptors (Lipinski definition) is 14. The van der Waals surface area contributed by atoms with Crippen molar-refractivity contribution in [1.29, 1.82) is 0 Å². The lowest BCUT2D eigenvalue weighted by atomic mass is 9.78. The van der Waals surface area contributed by atoms with E-state index in [9.17, 15) is 28.8 Å². The molecule has 0 bridgehead atoms. The quantitative estimate of drug-likeness (QED) is 0.115. The van der Waals surface area contributed by atoms with E-state index in [-0.39, 0.29) is 18.1 Å². The number of nitrogens with zero attached hydrogens (tertiary/aromatic N) is 5. The highest BCUT2D eigenvalue weighted by atomic mass is 79.9. The number of amides is 4. The number of pyridine rings is 2. The predicted molar refractivity (Wildman–Crippen MR) is 298 cm³/mol. The maximum absolute atomic E-state index is 13.1. The van der Waals surface area contributed by atoms with E-state index in [1.807, 2.05) is 124 Å². The van der Waals surface area contributed by atoms with Crippen molar-refractivity contribution < 1.29 is 62.5 Å². The lowest BCUT2D eigenvalue weighted by Crippen LogP contribution is -2.45. The van der Waals surface area contributed by atoms with E-state index in [0.29, 0.717) is 50.4 Å². The molecule has 0 unspecified atom stereocenters. The summed E-state index contributed by atoms with van der Waals surface area (Å²) in [5.74, 6) is -0.736. The summed E-state index contributed by atoms with van der Waals surface area (Å²) in [6.45, 7) is 25.9. The molecule has 3 atom stereocenters. The van der Waals surface area contributed by atoms with E-state index < -0.39 is 77.5 Å². The van der Waals surface area contributed by atoms with Crippen molar-refractivity contribution in [3.05, 3.63) is 70.8 Å². The molecule has 77 heavy (non-hydrogen) atoms. The summed E-state index contributed by atoms with van der Waals surface area (Å²) in [7, 11) is 0.567. The Morgan fingerprint density at radius 3 is 1.60 bits per heavy atom. The number of Topliss-reactive ketones (excluding diaryl/α,β-unsaturated/α-hetero) is 1. The zero-order valence-corrected chi connectivity index (χ0v) is 48.7. The molecular weight excluding hydrogens is 1060 g/mol. The van der Waals surface area contributed by atoms with Gasteiger partial charge in [0.1, 0.15) is 34.7 Å². The number of aliphatic hydroxyl groups excluding tert-OH is 1. The van der Waals surface area contributed by atoms with Crippen LogP contribution in [0.15, 0.2) is 65.1 Å². The van der Waals surface area contributed by atoms with Gasteiger partial charge in [0.15, 0.2) is 5.78 Å². The molecule has 4 aliphatic heterocycles. The number of halogens is 1. The van der Waals surface area contributed by atoms with E-state index in [2.05, 4.69) is 26.2 Å². The Balaban J connectivity index is 0.000000225. The van der Waals surface area contributed by atoms with Gasteiger partial charge in [0.05, 0.1) is 34.7 Å². The number of carbonyl (C=O) groups excluding carboxylic acids is 5. The van der Waals surface area contributed by atoms with Crippen LogP contribution in [0.4, 0.5) is 20.2 Å². The minimum Gasteiger partial charge on any atom is -0.480 e. The number of anilines is 1. The van der Waals surface area contributed by atoms with Gasteiger partial charge >= 0.3 is 31.4 Å². The van der Waals surface area contributed by atoms with Crippen LogP contribution in [0.5, 0.6) is 0 Å². The number of rotatable bonds is 7. The number of ketones is 1. The smallest absolute Gasteiger partial charge is 0.480 e. The molecule has 0 spiro atoms. The van der Waals surface area contributed by atoms with Crippen LogP contribution in [-0.4, -0.2) is 151 Å². The molecule has 8 rings (SSSR count). The molecule has 19 nitrogen and oxygen atoms in total. The van der Waals surface area contributed by atoms with Crippen molar-refractivity contribution in [2.75, 3.05) is 32.1 Å². The third kappa shape index (κ3) is 17.0. The number of benzene rings is 2. The van der Waals surface area contributed by atoms with Crippen LogP contribution in [0.2, 0.25) is 0 Å². The first-order valence-electron chi connectivity index (χ1n) is 26.1. The molecular formula is C56H78BBrN6O13. The molecule has 0 aliphatic carbocycles. The molecule has 4 saturated heterocycles. The van der Waals surface area contributed by atoms with Crippen LogP contribution in [-0.2, 0) is 44.3 Å². The fourth-order valence-corrected chi connectivity index (χ4v) is 9.24. The molecule has 21 heteroatoms. The molecule has 0 saturated carbocycles. The lowest BCUT2D eigenvalue weighted by molar-refractivity contribution is -0.142. The third-order valence-electron chi connectivity index (χ3n) is 13.2. The minimum absolute atomic E-state index is 0.0101. The number of hydrogen-bond donors (Lipinski definition) is 3. The number of carboxylic acid groups (broad SMARTS) is 1. The normalized spacial score (nSPS) is 19.8. The third-order valence-corrected chi connectivity index (χ3v) is 13.6. The van der Waals surface area contributed by atoms with Gasteiger partial charge < -0.3 is 39.0 Å². The number of nitrogens with one attached hydrogen (secondary N) is 1. The van der Waals surface area contributed by atoms with Gasteiger partial charge in [0, 0.05) is 42.3 Å². The molecule has 4 amide bonds. The average molecular weight is 1130 g/mol. The molecule has 6 heterocycles. The highest BCUT2D eigenvalue weighted by Crippen LogP contribution is 2.37. The monoisotopic (exact) mass is 1130 g/mol. The summed E-state index contributed by atoms with van der Waals surface area (Å²) in [5, 5.41) is 20.6. The zero-order valence-electron chi connectivity index (χ0n) is 47.2. The Bertz CT molecular complexity index is 2760. The van der Waals surface area contributed by atoms with Crippen molar-refractivity contribution in [3.63, 3.8) is 0 Å². The molecule has 2 aromatic carbocycles. The second-order valence-electron chi connectivity index (χ2n) is 23.3. The van der Waals surface area contributed by atoms with E-state index in [4.69, 9.17) is 38.7 Å². The first-order valence-corrected chi connectivity index (χ1v) is 26.9. The summed E-state index contributed by atoms with van der Waals surface area (Å²) < 4.78 is 29.3. The zero-order chi connectivity index (χ0) is 57.4. The second-order valence-corrected chi connectivity index (χ2v) is 24.3. The Labute approximate surface area is 461 Å². The Kier molecular flexibility index (Phi) is 20.3. The number of aliphatic carboxylic acids is 1. The first kappa shape index (κ1) is 62.0. The standard InChI is InChI=1S/C26H35BN2O5.C19H22BrN3O3.C10H17NO4.CH4O/c1-24(2,3)32-23(31)29-14-8-9-21(29)22(30)16-19-12-10-17-15-18(11-13-20(17)28-19)27-33-25(4,5)26(6,7)34-27;1-19(2,3)26-18(25)23-10-4-5-15(23)17(24)22-16-9-6-12-11-13(20)7-8-14(12)21-16;1-10(2,3)15-9(14)11-6-4-5-7(11)8(12)13;1-2/h10-13,15,21H,8-9,14,16H2,1-7H3;6-9,11,15H,4-5,10H2,1-3H3,(H,21,22,24);7H,4-6H2,1-3H3,(H,12,13);2H,1H3/t21-;15-;7-;/m100./s1. The number of carbonyl (C=O) groups is 6. The van der Waals surface area contributed by atoms with Crippen LogP contribution in [0.1, 0.15) is 134 Å². The van der Waals surface area contributed by atoms with Gasteiger partial charge in [-0.2, -0.15) is 0 Å². The maximum atomic E-state index is 13.1. The van der Waals surface area contributed by atoms with Gasteiger partial charge in [0.25, 0.3) is 0 Å². The van der Waals surface area contributed by atoms with Crippen molar-refractivity contribution in [1.82, 2.24) is 24.7 Å². The second kappa shape index (κ2) is 25.3. The Morgan fingerprint density at radius 1 is 0.636 bits per heavy atom. The number of fused-ring (bicyclic) bond motifs is 2. The molecule has 4 aliphatic rings. The van der Waals surface area contributed by atoms with Gasteiger partial charge in [0.2, 0.25) is 5.91 Å². The van der Waals surface area contributed by atoms with Gasteiger partial charge in [-0.25, -0.2) is 24.2 Å². The van der Waals surface area contributed by atoms with E-state index in [0.717, 1.165) is 58.1 Å². The van der Waals surface area contributed by atoms with Crippen LogP contribution in [0, 0.1) is 0 Å². The molecule has 2 aromatic heterocycles. The van der Waals surface area contributed by atoms with Crippen molar-refractivity contribution in [3.8, 4) is 0 Å². The van der Waals surface area contributed by atoms with Crippen molar-refractivity contribution in [2.45, 2.75) is 181 Å². The van der Waals surface area contributed by atoms with Crippen molar-refractivity contribution in [2.24, 2.45) is 0 Å². The lowest BCUT2D eigenvalue weighted by Gasteiger charge is -2.32. The van der Waals surface area contributed by atoms with Crippen molar-refractivity contribution >= 4 is 92.1 Å². The Morgan fingerprint density at radius 2 is 1.08 bits per heavy atom. The number of ether oxygens (including phenoxy) is 3. The fourth-order valence-electron chi connectivity index (χ4n) is 8.86. The summed E-state index contributed by atoms with van der Waals surface area (Å²) in [5.41, 5.74) is 0.671. The van der Waals surface area contributed by atoms with Crippen LogP contribution in [0.25, 0.3) is 21.8 Å². The molecule has 4 fully saturated rings. The van der Waals surface area contributed by atoms with Crippen LogP contribution < -0.4 is 10.8 Å². The predicted octanol–water partition coefficient (Wildman–Crippen LogP) is 9.46. The summed E-state index contributed by atoms with van der Waals surface area (Å²) >= 11 is 3.43. The summed E-state index contributed by atoms with van der Waals surface area (Å²) in [6.07, 6.45) is 2.83. The minimum atomic E-state index is -0.960. The number of carboxylic acids is 1. The van der Waals surface area contributed by atoms with Gasteiger partial charge in [-0.05, 0) is 182 Å². The number of likely N-dealkylation sites (tertiary alicyclic amines) is 3. The number of aliphatic hydroxyl groups is 1. The molecule has 0 radical (unpaired) electrons. The van der Waals surface area contributed by atoms with Crippen LogP contribution in [0.3, 0.4) is 0 Å². The van der Waals surface area contributed by atoms with Crippen LogP contribution >= 0.6 is 15.9 Å². The highest BCUT2D eigenvalue weighted by molar-refractivity contribution is 9.10. The Hall–Kier alpha value is -5.90. The summed E-state index contributed by atoms with van der Waals surface area (Å²) in [6, 6.07) is 17.5. The highest BCUT2D eigenvalue weighted by Gasteiger charge is 2.52. The molecule has 420 valence electrons. The fraction of sp³-hybridized carbons (Fsp3) is 0.571. The maximum Gasteiger partial charge on any atom is 0.494 e. The molecule has 4 aromatic rings. The average Bonchev–Trinajstić information content (AvgIpc) is 4.15. The van der Waals surface area contributed by atoms with Gasteiger partial charge in [-0.3, -0.25) is 29.3 Å². The summed E-state index contributed by atoms with van der Waals surface area (Å²) in [4.78, 5) is 86.6. The largest absolute Gasteiger partial charge is 0.494 e. The first-order chi connectivity index (χ1) is 35.8. The van der Waals surface area contributed by atoms with E-state index in [1.165, 1.54) is 9.80 Å². The SMILES string of the molecule is CC(C)(C)OC(=O)N1CCC[C@@H]1C(=O)Cc1ccc2cc(B3OC(C)(C)C(C)(C)O3)ccc2n1.CC(C)(C)OC(=O)N1CCC[C@H]1C(=O)Nc1ccc2cc(Br)ccc2n1.CC(C)(C)OC(=O)N1CCC[C@H]1C(=O)O.CO.